The lowest BCUT2D eigenvalue weighted by Gasteiger charge is -2.27. The summed E-state index contributed by atoms with van der Waals surface area (Å²) in [4.78, 5) is 29.0. The Kier molecular flexibility index (Phi) is 6.73. The summed E-state index contributed by atoms with van der Waals surface area (Å²) < 4.78 is 15.7. The maximum Gasteiger partial charge on any atom is 0.339 e. The van der Waals surface area contributed by atoms with Gasteiger partial charge in [0.15, 0.2) is 0 Å². The molecule has 0 saturated carbocycles. The van der Waals surface area contributed by atoms with Gasteiger partial charge < -0.3 is 24.7 Å². The maximum absolute atomic E-state index is 10.8. The topological polar surface area (TPSA) is 128 Å². The number of nitrogens with zero attached hydrogens (tertiary/aromatic N) is 1. The van der Waals surface area contributed by atoms with Gasteiger partial charge in [0.1, 0.15) is 12.5 Å². The van der Waals surface area contributed by atoms with Crippen molar-refractivity contribution in [2.45, 2.75) is 13.2 Å². The summed E-state index contributed by atoms with van der Waals surface area (Å²) in [5.41, 5.74) is 0. The quantitative estimate of drug-likeness (QED) is 0.317. The van der Waals surface area contributed by atoms with Crippen LogP contribution in [0.2, 0.25) is 0 Å². The largest absolute Gasteiger partial charge is 0.480 e. The normalized spacial score (nSPS) is 14.1. The second-order valence-corrected chi connectivity index (χ2v) is 4.75. The van der Waals surface area contributed by atoms with E-state index in [0.29, 0.717) is 0 Å². The molecule has 0 spiro atoms. The van der Waals surface area contributed by atoms with Gasteiger partial charge in [0, 0.05) is 0 Å². The van der Waals surface area contributed by atoms with Crippen LogP contribution in [0.5, 0.6) is 0 Å². The predicted molar refractivity (Wildman–Crippen MR) is 53.8 cm³/mol. The molecule has 1 unspecified atom stereocenters. The minimum Gasteiger partial charge on any atom is -0.480 e. The van der Waals surface area contributed by atoms with Gasteiger partial charge in [0.2, 0.25) is 0 Å². The highest BCUT2D eigenvalue weighted by Gasteiger charge is 2.25. The van der Waals surface area contributed by atoms with Crippen LogP contribution in [0.25, 0.3) is 0 Å². The molecule has 0 amide bonds. The Morgan fingerprint density at radius 2 is 2.06 bits per heavy atom. The molecule has 0 rings (SSSR count). The van der Waals surface area contributed by atoms with Crippen molar-refractivity contribution in [1.29, 1.82) is 0 Å². The molecule has 0 aromatic heterocycles. The molecule has 96 valence electrons. The second-order valence-electron chi connectivity index (χ2n) is 3.14. The van der Waals surface area contributed by atoms with E-state index in [2.05, 4.69) is 0 Å². The second kappa shape index (κ2) is 6.95. The van der Waals surface area contributed by atoms with Crippen LogP contribution in [0.15, 0.2) is 0 Å². The Labute approximate surface area is 92.6 Å². The zero-order valence-electron chi connectivity index (χ0n) is 8.81. The van der Waals surface area contributed by atoms with Crippen molar-refractivity contribution >= 4 is 13.6 Å². The van der Waals surface area contributed by atoms with Gasteiger partial charge in [0.05, 0.1) is 19.8 Å². The van der Waals surface area contributed by atoms with Gasteiger partial charge in [-0.2, -0.15) is 0 Å². The number of hydrogen-bond acceptors (Lipinski definition) is 5. The van der Waals surface area contributed by atoms with Gasteiger partial charge >= 0.3 is 13.6 Å². The summed E-state index contributed by atoms with van der Waals surface area (Å²) in [6.07, 6.45) is -1.50. The van der Waals surface area contributed by atoms with Crippen molar-refractivity contribution in [3.63, 3.8) is 0 Å². The molecule has 0 radical (unpaired) electrons. The number of carboxylic acid groups (broad SMARTS) is 1. The molecule has 0 saturated heterocycles. The summed E-state index contributed by atoms with van der Waals surface area (Å²) in [5, 5.41) is 17.1. The monoisotopic (exact) mass is 257 g/mol. The van der Waals surface area contributed by atoms with Crippen LogP contribution < -0.4 is 0 Å². The van der Waals surface area contributed by atoms with Gasteiger partial charge in [-0.05, 0) is 6.92 Å². The first-order valence-corrected chi connectivity index (χ1v) is 6.29. The number of aliphatic carboxylic acids is 1. The summed E-state index contributed by atoms with van der Waals surface area (Å²) >= 11 is 0. The number of ether oxygens (including phenoxy) is 1. The lowest BCUT2D eigenvalue weighted by molar-refractivity contribution is -0.142. The molecule has 8 nitrogen and oxygen atoms in total. The molecular weight excluding hydrogens is 241 g/mol. The molecule has 0 aliphatic rings. The molecule has 9 heteroatoms. The summed E-state index contributed by atoms with van der Waals surface area (Å²) in [7, 11) is -4.34. The van der Waals surface area contributed by atoms with Crippen molar-refractivity contribution in [2.24, 2.45) is 0 Å². The molecular formula is C7H16NO7P. The van der Waals surface area contributed by atoms with Gasteiger partial charge in [-0.1, -0.05) is 0 Å². The molecule has 0 aromatic rings. The molecule has 0 heterocycles. The fourth-order valence-electron chi connectivity index (χ4n) is 1.03. The molecule has 0 aliphatic carbocycles. The van der Waals surface area contributed by atoms with E-state index in [4.69, 9.17) is 24.7 Å². The highest BCUT2D eigenvalue weighted by molar-refractivity contribution is 7.51. The highest BCUT2D eigenvalue weighted by Crippen LogP contribution is 2.35. The average molecular weight is 257 g/mol. The standard InChI is InChI=1S/C7H16NO7P/c1-6(15-3-2-9)8(4-7(10)11)5-16(12,13)14/h6,9H,2-5H2,1H3,(H,10,11)(H2,12,13,14). The van der Waals surface area contributed by atoms with Crippen LogP contribution in [0.4, 0.5) is 0 Å². The van der Waals surface area contributed by atoms with E-state index in [-0.39, 0.29) is 13.2 Å². The van der Waals surface area contributed by atoms with Crippen LogP contribution in [-0.4, -0.2) is 63.1 Å². The lowest BCUT2D eigenvalue weighted by atomic mass is 10.5. The summed E-state index contributed by atoms with van der Waals surface area (Å²) in [6.45, 7) is 0.631. The first-order chi connectivity index (χ1) is 7.26. The number of rotatable bonds is 8. The first kappa shape index (κ1) is 15.5. The van der Waals surface area contributed by atoms with E-state index in [9.17, 15) is 9.36 Å². The zero-order chi connectivity index (χ0) is 12.8. The number of carboxylic acids is 1. The van der Waals surface area contributed by atoms with Crippen LogP contribution in [0, 0.1) is 0 Å². The van der Waals surface area contributed by atoms with Gasteiger partial charge in [-0.3, -0.25) is 14.3 Å². The number of aliphatic hydroxyl groups is 1. The lowest BCUT2D eigenvalue weighted by Crippen LogP contribution is -2.40. The minimum atomic E-state index is -4.34. The van der Waals surface area contributed by atoms with Crippen LogP contribution in [0.3, 0.4) is 0 Å². The van der Waals surface area contributed by atoms with Gasteiger partial charge in [0.25, 0.3) is 0 Å². The number of aliphatic hydroxyl groups excluding tert-OH is 1. The zero-order valence-corrected chi connectivity index (χ0v) is 9.71. The molecule has 0 fully saturated rings. The highest BCUT2D eigenvalue weighted by atomic mass is 31.2. The molecule has 4 N–H and O–H groups in total. The minimum absolute atomic E-state index is 0.0293. The molecule has 0 bridgehead atoms. The molecule has 16 heavy (non-hydrogen) atoms. The fraction of sp³-hybridized carbons (Fsp3) is 0.857. The van der Waals surface area contributed by atoms with Crippen molar-refractivity contribution < 1.29 is 34.1 Å². The van der Waals surface area contributed by atoms with Crippen LogP contribution >= 0.6 is 7.60 Å². The van der Waals surface area contributed by atoms with Gasteiger partial charge in [-0.25, -0.2) is 0 Å². The third-order valence-electron chi connectivity index (χ3n) is 1.67. The predicted octanol–water partition coefficient (Wildman–Crippen LogP) is -1.14. The smallest absolute Gasteiger partial charge is 0.339 e. The van der Waals surface area contributed by atoms with Crippen LogP contribution in [-0.2, 0) is 14.1 Å². The van der Waals surface area contributed by atoms with Crippen molar-refractivity contribution in [2.75, 3.05) is 26.0 Å². The summed E-state index contributed by atoms with van der Waals surface area (Å²) in [5.74, 6) is -1.21. The molecule has 1 atom stereocenters. The van der Waals surface area contributed by atoms with E-state index < -0.39 is 32.6 Å². The van der Waals surface area contributed by atoms with E-state index in [1.165, 1.54) is 6.92 Å². The Morgan fingerprint density at radius 3 is 2.44 bits per heavy atom. The Morgan fingerprint density at radius 1 is 1.50 bits per heavy atom. The number of hydrogen-bond donors (Lipinski definition) is 4. The van der Waals surface area contributed by atoms with Gasteiger partial charge in [-0.15, -0.1) is 0 Å². The first-order valence-electron chi connectivity index (χ1n) is 4.49. The molecule has 0 aromatic carbocycles. The van der Waals surface area contributed by atoms with Crippen molar-refractivity contribution in [1.82, 2.24) is 4.90 Å². The van der Waals surface area contributed by atoms with E-state index in [1.54, 1.807) is 0 Å². The van der Waals surface area contributed by atoms with Crippen LogP contribution in [0.1, 0.15) is 6.92 Å². The van der Waals surface area contributed by atoms with E-state index in [0.717, 1.165) is 4.90 Å². The number of carbonyl (C=O) groups is 1. The van der Waals surface area contributed by atoms with Crippen molar-refractivity contribution in [3.8, 4) is 0 Å². The Bertz CT molecular complexity index is 265. The van der Waals surface area contributed by atoms with E-state index in [1.807, 2.05) is 0 Å². The van der Waals surface area contributed by atoms with Crippen molar-refractivity contribution in [3.05, 3.63) is 0 Å². The summed E-state index contributed by atoms with van der Waals surface area (Å²) in [6, 6.07) is 0. The molecule has 0 aliphatic heterocycles. The fourth-order valence-corrected chi connectivity index (χ4v) is 1.84. The maximum atomic E-state index is 10.8. The Hall–Kier alpha value is -0.500. The average Bonchev–Trinajstić information content (AvgIpc) is 2.10. The Balaban J connectivity index is 4.40. The van der Waals surface area contributed by atoms with E-state index >= 15 is 0 Å². The SMILES string of the molecule is CC(OCCO)N(CC(=O)O)CP(=O)(O)O. The third-order valence-corrected chi connectivity index (χ3v) is 2.40. The third kappa shape index (κ3) is 7.75.